The molecule has 1 rings (SSSR count). The molecule has 5 N–H and O–H groups in total. The second kappa shape index (κ2) is 9.59. The molecule has 1 heterocycles. The Bertz CT molecular complexity index is 362. The van der Waals surface area contributed by atoms with Crippen LogP contribution in [-0.2, 0) is 9.53 Å². The van der Waals surface area contributed by atoms with Crippen LogP contribution >= 0.6 is 0 Å². The molecular formula is C15H31BN2O5. The van der Waals surface area contributed by atoms with Crippen LogP contribution in [0.4, 0.5) is 0 Å². The number of carbonyl (C=O) groups is 1. The minimum atomic E-state index is -1.52. The van der Waals surface area contributed by atoms with E-state index in [0.29, 0.717) is 26.1 Å². The average molecular weight is 330 g/mol. The first-order valence-electron chi connectivity index (χ1n) is 8.42. The molecule has 0 amide bonds. The minimum absolute atomic E-state index is 0.162. The topological polar surface area (TPSA) is 116 Å². The number of nitrogens with two attached hydrogens (primary N) is 1. The zero-order chi connectivity index (χ0) is 17.5. The summed E-state index contributed by atoms with van der Waals surface area (Å²) >= 11 is 0. The van der Waals surface area contributed by atoms with Crippen LogP contribution in [0.1, 0.15) is 51.9 Å². The predicted octanol–water partition coefficient (Wildman–Crippen LogP) is 0.230. The van der Waals surface area contributed by atoms with E-state index in [-0.39, 0.29) is 12.5 Å². The van der Waals surface area contributed by atoms with Crippen molar-refractivity contribution in [3.8, 4) is 0 Å². The Morgan fingerprint density at radius 2 is 1.96 bits per heavy atom. The van der Waals surface area contributed by atoms with Gasteiger partial charge in [-0.3, -0.25) is 4.79 Å². The molecule has 1 fully saturated rings. The van der Waals surface area contributed by atoms with Gasteiger partial charge in [-0.2, -0.15) is 0 Å². The van der Waals surface area contributed by atoms with Gasteiger partial charge in [0.05, 0.1) is 5.94 Å². The first-order chi connectivity index (χ1) is 10.8. The number of ether oxygens (including phenoxy) is 1. The molecule has 134 valence electrons. The fraction of sp³-hybridized carbons (Fsp3) is 0.933. The summed E-state index contributed by atoms with van der Waals surface area (Å²) < 4.78 is 5.36. The highest BCUT2D eigenvalue weighted by Crippen LogP contribution is 2.25. The molecule has 1 aliphatic rings. The first-order valence-corrected chi connectivity index (χ1v) is 8.42. The third-order valence-corrected chi connectivity index (χ3v) is 4.77. The highest BCUT2D eigenvalue weighted by Gasteiger charge is 2.43. The number of aliphatic carboxylic acids is 1. The molecule has 0 saturated carbocycles. The summed E-state index contributed by atoms with van der Waals surface area (Å²) in [6, 6.07) is 0.227. The van der Waals surface area contributed by atoms with Crippen molar-refractivity contribution in [1.29, 1.82) is 0 Å². The zero-order valence-corrected chi connectivity index (χ0v) is 14.3. The van der Waals surface area contributed by atoms with Crippen molar-refractivity contribution in [2.75, 3.05) is 20.3 Å². The van der Waals surface area contributed by atoms with Crippen molar-refractivity contribution in [3.05, 3.63) is 0 Å². The van der Waals surface area contributed by atoms with Crippen LogP contribution in [0, 0.1) is 0 Å². The van der Waals surface area contributed by atoms with E-state index in [1.807, 2.05) is 18.9 Å². The third-order valence-electron chi connectivity index (χ3n) is 4.77. The van der Waals surface area contributed by atoms with E-state index in [1.165, 1.54) is 0 Å². The van der Waals surface area contributed by atoms with Crippen molar-refractivity contribution in [1.82, 2.24) is 4.90 Å². The molecule has 2 unspecified atom stereocenters. The number of rotatable bonds is 10. The smallest absolute Gasteiger partial charge is 0.471 e. The lowest BCUT2D eigenvalue weighted by atomic mass is 9.65. The maximum absolute atomic E-state index is 10.5. The molecule has 2 atom stereocenters. The van der Waals surface area contributed by atoms with Gasteiger partial charge in [-0.05, 0) is 39.7 Å². The maximum atomic E-state index is 10.5. The highest BCUT2D eigenvalue weighted by molar-refractivity contribution is 6.43. The molecule has 23 heavy (non-hydrogen) atoms. The number of nitrogens with zero attached hydrogens (tertiary/aromatic N) is 1. The number of hydrogen-bond donors (Lipinski definition) is 4. The summed E-state index contributed by atoms with van der Waals surface area (Å²) in [7, 11) is 0.368. The van der Waals surface area contributed by atoms with E-state index >= 15 is 0 Å². The Morgan fingerprint density at radius 1 is 1.35 bits per heavy atom. The molecule has 0 aromatic heterocycles. The van der Waals surface area contributed by atoms with Gasteiger partial charge in [0.2, 0.25) is 0 Å². The molecule has 7 nitrogen and oxygen atoms in total. The summed E-state index contributed by atoms with van der Waals surface area (Å²) in [5.41, 5.74) is 5.64. The number of unbranched alkanes of at least 4 members (excludes halogenated alkanes) is 2. The number of carboxylic acid groups (broad SMARTS) is 1. The van der Waals surface area contributed by atoms with E-state index < -0.39 is 24.6 Å². The molecule has 0 radical (unpaired) electrons. The van der Waals surface area contributed by atoms with E-state index in [9.17, 15) is 14.8 Å². The van der Waals surface area contributed by atoms with Crippen molar-refractivity contribution in [3.63, 3.8) is 0 Å². The standard InChI is InChI=1S/C15H31BN2O5/c1-15(17,9-5-3-4-6-13(19)20)14(16(21)22)18(2)12-7-10-23-11-8-12/h12,14,21-22H,3-11,17H2,1-2H3,(H,19,20). The second-order valence-corrected chi connectivity index (χ2v) is 6.83. The van der Waals surface area contributed by atoms with Crippen LogP contribution in [0.15, 0.2) is 0 Å². The first kappa shape index (κ1) is 20.4. The van der Waals surface area contributed by atoms with Gasteiger partial charge in [-0.25, -0.2) is 0 Å². The van der Waals surface area contributed by atoms with E-state index in [4.69, 9.17) is 15.6 Å². The molecule has 1 aliphatic heterocycles. The summed E-state index contributed by atoms with van der Waals surface area (Å²) in [6.45, 7) is 3.20. The van der Waals surface area contributed by atoms with Crippen LogP contribution < -0.4 is 5.73 Å². The Balaban J connectivity index is 2.56. The summed E-state index contributed by atoms with van der Waals surface area (Å²) in [6.07, 6.45) is 4.65. The molecule has 0 aliphatic carbocycles. The van der Waals surface area contributed by atoms with E-state index in [0.717, 1.165) is 25.7 Å². The predicted molar refractivity (Wildman–Crippen MR) is 88.9 cm³/mol. The lowest BCUT2D eigenvalue weighted by Gasteiger charge is -2.44. The monoisotopic (exact) mass is 330 g/mol. The van der Waals surface area contributed by atoms with Gasteiger partial charge in [-0.1, -0.05) is 12.8 Å². The van der Waals surface area contributed by atoms with Gasteiger partial charge in [-0.15, -0.1) is 0 Å². The number of likely N-dealkylation sites (N-methyl/N-ethyl adjacent to an activating group) is 1. The van der Waals surface area contributed by atoms with Crippen LogP contribution in [0.25, 0.3) is 0 Å². The molecule has 0 aromatic rings. The van der Waals surface area contributed by atoms with Crippen molar-refractivity contribution < 1.29 is 24.7 Å². The van der Waals surface area contributed by atoms with Crippen LogP contribution in [0.3, 0.4) is 0 Å². The van der Waals surface area contributed by atoms with Crippen molar-refractivity contribution >= 4 is 13.1 Å². The number of hydrogen-bond acceptors (Lipinski definition) is 6. The van der Waals surface area contributed by atoms with Gasteiger partial charge in [0, 0.05) is 31.2 Å². The van der Waals surface area contributed by atoms with Gasteiger partial charge in [0.1, 0.15) is 0 Å². The van der Waals surface area contributed by atoms with Crippen molar-refractivity contribution in [2.45, 2.75) is 69.4 Å². The normalized spacial score (nSPS) is 20.3. The van der Waals surface area contributed by atoms with E-state index in [1.54, 1.807) is 0 Å². The molecular weight excluding hydrogens is 299 g/mol. The summed E-state index contributed by atoms with van der Waals surface area (Å²) in [5, 5.41) is 28.3. The lowest BCUT2D eigenvalue weighted by molar-refractivity contribution is -0.137. The molecule has 0 spiro atoms. The fourth-order valence-electron chi connectivity index (χ4n) is 3.44. The molecule has 1 saturated heterocycles. The van der Waals surface area contributed by atoms with Gasteiger partial charge in [0.15, 0.2) is 0 Å². The van der Waals surface area contributed by atoms with Gasteiger partial charge >= 0.3 is 13.1 Å². The Hall–Kier alpha value is -0.665. The largest absolute Gasteiger partial charge is 0.481 e. The number of carboxylic acids is 1. The summed E-state index contributed by atoms with van der Waals surface area (Å²) in [4.78, 5) is 12.5. The third kappa shape index (κ3) is 6.77. The van der Waals surface area contributed by atoms with Crippen LogP contribution in [0.5, 0.6) is 0 Å². The average Bonchev–Trinajstić information content (AvgIpc) is 2.46. The van der Waals surface area contributed by atoms with Crippen LogP contribution in [0.2, 0.25) is 0 Å². The Morgan fingerprint density at radius 3 is 2.48 bits per heavy atom. The molecule has 0 bridgehead atoms. The van der Waals surface area contributed by atoms with Gasteiger partial charge in [0.25, 0.3) is 0 Å². The minimum Gasteiger partial charge on any atom is -0.481 e. The highest BCUT2D eigenvalue weighted by atomic mass is 16.5. The van der Waals surface area contributed by atoms with Gasteiger partial charge < -0.3 is 30.5 Å². The summed E-state index contributed by atoms with van der Waals surface area (Å²) in [5.74, 6) is -1.35. The Labute approximate surface area is 138 Å². The molecule has 8 heteroatoms. The second-order valence-electron chi connectivity index (χ2n) is 6.83. The van der Waals surface area contributed by atoms with Crippen molar-refractivity contribution in [2.24, 2.45) is 5.73 Å². The SMILES string of the molecule is CN(C1CCOCC1)C(B(O)O)C(C)(N)CCCCCC(=O)O. The molecule has 0 aromatic carbocycles. The lowest BCUT2D eigenvalue weighted by Crippen LogP contribution is -2.65. The zero-order valence-electron chi connectivity index (χ0n) is 14.3. The van der Waals surface area contributed by atoms with E-state index in [2.05, 4.69) is 0 Å². The quantitative estimate of drug-likeness (QED) is 0.335. The fourth-order valence-corrected chi connectivity index (χ4v) is 3.44. The van der Waals surface area contributed by atoms with Crippen LogP contribution in [-0.4, -0.2) is 70.9 Å². The maximum Gasteiger partial charge on any atom is 0.471 e. The Kier molecular flexibility index (Phi) is 8.49.